The summed E-state index contributed by atoms with van der Waals surface area (Å²) in [5.74, 6) is -0.785. The van der Waals surface area contributed by atoms with Gasteiger partial charge in [-0.3, -0.25) is 9.78 Å². The Labute approximate surface area is 202 Å². The van der Waals surface area contributed by atoms with Crippen LogP contribution in [0.25, 0.3) is 11.1 Å². The summed E-state index contributed by atoms with van der Waals surface area (Å²) in [6.45, 7) is 1.98. The predicted molar refractivity (Wildman–Crippen MR) is 132 cm³/mol. The molecule has 0 unspecified atom stereocenters. The van der Waals surface area contributed by atoms with Crippen molar-refractivity contribution in [3.8, 4) is 11.1 Å². The van der Waals surface area contributed by atoms with Crippen LogP contribution in [0.2, 0.25) is 10.0 Å². The van der Waals surface area contributed by atoms with E-state index < -0.39 is 5.82 Å². The fraction of sp³-hybridized carbons (Fsp3) is 0.111. The van der Waals surface area contributed by atoms with Crippen LogP contribution in [0.15, 0.2) is 91.3 Å². The van der Waals surface area contributed by atoms with Crippen LogP contribution in [0.1, 0.15) is 35.3 Å². The van der Waals surface area contributed by atoms with Crippen LogP contribution in [-0.2, 0) is 0 Å². The molecule has 1 aromatic heterocycles. The van der Waals surface area contributed by atoms with Gasteiger partial charge < -0.3 is 4.90 Å². The quantitative estimate of drug-likeness (QED) is 0.281. The number of carbonyl (C=O) groups is 1. The molecule has 0 bridgehead atoms. The summed E-state index contributed by atoms with van der Waals surface area (Å²) in [6, 6.07) is 22.1. The molecule has 0 N–H and O–H groups in total. The maximum Gasteiger partial charge on any atom is 0.258 e. The zero-order valence-corrected chi connectivity index (χ0v) is 19.4. The summed E-state index contributed by atoms with van der Waals surface area (Å²) in [5, 5.41) is 0.987. The van der Waals surface area contributed by atoms with Crippen LogP contribution in [0, 0.1) is 5.82 Å². The van der Waals surface area contributed by atoms with Crippen LogP contribution < -0.4 is 4.90 Å². The highest BCUT2D eigenvalue weighted by Gasteiger charge is 2.28. The molecule has 1 atom stereocenters. The molecule has 0 aliphatic heterocycles. The van der Waals surface area contributed by atoms with Crippen LogP contribution in [0.3, 0.4) is 0 Å². The summed E-state index contributed by atoms with van der Waals surface area (Å²) in [7, 11) is 0. The molecule has 0 saturated carbocycles. The van der Waals surface area contributed by atoms with Crippen molar-refractivity contribution in [2.75, 3.05) is 4.90 Å². The highest BCUT2D eigenvalue weighted by Crippen LogP contribution is 2.37. The van der Waals surface area contributed by atoms with Crippen LogP contribution >= 0.6 is 23.2 Å². The van der Waals surface area contributed by atoms with Crippen molar-refractivity contribution in [1.82, 2.24) is 4.98 Å². The lowest BCUT2D eigenvalue weighted by molar-refractivity contribution is 0.0975. The third-order valence-corrected chi connectivity index (χ3v) is 6.01. The molecule has 166 valence electrons. The topological polar surface area (TPSA) is 33.2 Å². The fourth-order valence-electron chi connectivity index (χ4n) is 3.86. The van der Waals surface area contributed by atoms with Gasteiger partial charge in [0.25, 0.3) is 5.91 Å². The van der Waals surface area contributed by atoms with Gasteiger partial charge in [-0.05, 0) is 71.6 Å². The summed E-state index contributed by atoms with van der Waals surface area (Å²) < 4.78 is 13.9. The highest BCUT2D eigenvalue weighted by atomic mass is 35.5. The SMILES string of the molecule is CC[C@@H](c1ccc(Cl)cc1Cl)N(C(=O)c1cccc(F)c1)c1ccc(-c2cccnc2)cc1. The van der Waals surface area contributed by atoms with E-state index in [9.17, 15) is 9.18 Å². The van der Waals surface area contributed by atoms with Gasteiger partial charge in [-0.2, -0.15) is 0 Å². The second kappa shape index (κ2) is 10.2. The van der Waals surface area contributed by atoms with Crippen LogP contribution in [-0.4, -0.2) is 10.9 Å². The normalized spacial score (nSPS) is 11.8. The number of hydrogen-bond acceptors (Lipinski definition) is 2. The summed E-state index contributed by atoms with van der Waals surface area (Å²) in [4.78, 5) is 19.5. The maximum absolute atomic E-state index is 13.9. The third-order valence-electron chi connectivity index (χ3n) is 5.45. The number of rotatable bonds is 6. The number of amides is 1. The fourth-order valence-corrected chi connectivity index (χ4v) is 4.40. The van der Waals surface area contributed by atoms with Gasteiger partial charge >= 0.3 is 0 Å². The lowest BCUT2D eigenvalue weighted by Gasteiger charge is -2.32. The minimum absolute atomic E-state index is 0.259. The first-order valence-electron chi connectivity index (χ1n) is 10.5. The molecule has 33 heavy (non-hydrogen) atoms. The Balaban J connectivity index is 1.81. The predicted octanol–water partition coefficient (Wildman–Crippen LogP) is 7.99. The largest absolute Gasteiger partial charge is 0.301 e. The standard InChI is InChI=1S/C27H21Cl2FN2O/c1-2-26(24-13-10-21(28)16-25(24)29)32(27(33)19-5-3-7-22(30)15-19)23-11-8-18(9-12-23)20-6-4-14-31-17-20/h3-17,26H,2H2,1H3/t26-/m0/s1. The van der Waals surface area contributed by atoms with E-state index in [1.165, 1.54) is 18.2 Å². The van der Waals surface area contributed by atoms with Crippen molar-refractivity contribution in [3.63, 3.8) is 0 Å². The molecule has 3 nitrogen and oxygen atoms in total. The Kier molecular flexibility index (Phi) is 7.07. The first-order chi connectivity index (χ1) is 16.0. The lowest BCUT2D eigenvalue weighted by atomic mass is 9.99. The van der Waals surface area contributed by atoms with E-state index in [0.717, 1.165) is 16.7 Å². The van der Waals surface area contributed by atoms with Crippen molar-refractivity contribution < 1.29 is 9.18 Å². The second-order valence-corrected chi connectivity index (χ2v) is 8.41. The number of nitrogens with zero attached hydrogens (tertiary/aromatic N) is 2. The van der Waals surface area contributed by atoms with E-state index in [4.69, 9.17) is 23.2 Å². The van der Waals surface area contributed by atoms with Gasteiger partial charge in [0, 0.05) is 33.7 Å². The van der Waals surface area contributed by atoms with Gasteiger partial charge in [-0.15, -0.1) is 0 Å². The van der Waals surface area contributed by atoms with E-state index in [2.05, 4.69) is 4.98 Å². The first-order valence-corrected chi connectivity index (χ1v) is 11.3. The molecule has 1 amide bonds. The Morgan fingerprint density at radius 1 is 0.970 bits per heavy atom. The van der Waals surface area contributed by atoms with Crippen LogP contribution in [0.4, 0.5) is 10.1 Å². The third kappa shape index (κ3) is 5.08. The average molecular weight is 479 g/mol. The molecule has 0 spiro atoms. The van der Waals surface area contributed by atoms with E-state index in [1.807, 2.05) is 49.4 Å². The molecule has 0 fully saturated rings. The van der Waals surface area contributed by atoms with Crippen molar-refractivity contribution in [1.29, 1.82) is 0 Å². The molecule has 0 saturated heterocycles. The Morgan fingerprint density at radius 2 is 1.76 bits per heavy atom. The summed E-state index contributed by atoms with van der Waals surface area (Å²) in [6.07, 6.45) is 4.10. The maximum atomic E-state index is 13.9. The van der Waals surface area contributed by atoms with E-state index >= 15 is 0 Å². The van der Waals surface area contributed by atoms with Crippen molar-refractivity contribution in [3.05, 3.63) is 118 Å². The van der Waals surface area contributed by atoms with Gasteiger partial charge in [0.05, 0.1) is 6.04 Å². The minimum atomic E-state index is -0.467. The Hall–Kier alpha value is -3.21. The number of aromatic nitrogens is 1. The van der Waals surface area contributed by atoms with Gasteiger partial charge in [0.1, 0.15) is 5.82 Å². The zero-order chi connectivity index (χ0) is 23.4. The van der Waals surface area contributed by atoms with Gasteiger partial charge in [-0.25, -0.2) is 4.39 Å². The van der Waals surface area contributed by atoms with E-state index in [0.29, 0.717) is 22.2 Å². The number of anilines is 1. The van der Waals surface area contributed by atoms with Crippen LogP contribution in [0.5, 0.6) is 0 Å². The smallest absolute Gasteiger partial charge is 0.258 e. The first kappa shape index (κ1) is 23.0. The van der Waals surface area contributed by atoms with E-state index in [1.54, 1.807) is 35.5 Å². The molecule has 1 heterocycles. The number of hydrogen-bond donors (Lipinski definition) is 0. The Bertz CT molecular complexity index is 1260. The summed E-state index contributed by atoms with van der Waals surface area (Å²) >= 11 is 12.6. The van der Waals surface area contributed by atoms with Gasteiger partial charge in [0.2, 0.25) is 0 Å². The monoisotopic (exact) mass is 478 g/mol. The number of benzene rings is 3. The molecule has 6 heteroatoms. The molecule has 4 rings (SSSR count). The van der Waals surface area contributed by atoms with Crippen molar-refractivity contribution in [2.24, 2.45) is 0 Å². The minimum Gasteiger partial charge on any atom is -0.301 e. The van der Waals surface area contributed by atoms with Gasteiger partial charge in [0.15, 0.2) is 0 Å². The summed E-state index contributed by atoms with van der Waals surface area (Å²) in [5.41, 5.74) is 3.65. The lowest BCUT2D eigenvalue weighted by Crippen LogP contribution is -2.35. The van der Waals surface area contributed by atoms with E-state index in [-0.39, 0.29) is 17.5 Å². The molecular formula is C27H21Cl2FN2O. The zero-order valence-electron chi connectivity index (χ0n) is 17.9. The molecular weight excluding hydrogens is 458 g/mol. The molecule has 4 aromatic rings. The highest BCUT2D eigenvalue weighted by molar-refractivity contribution is 6.35. The molecule has 0 aliphatic carbocycles. The average Bonchev–Trinajstić information content (AvgIpc) is 2.83. The number of carbonyl (C=O) groups excluding carboxylic acids is 1. The number of halogens is 3. The molecule has 0 aliphatic rings. The molecule has 3 aromatic carbocycles. The second-order valence-electron chi connectivity index (χ2n) is 7.56. The van der Waals surface area contributed by atoms with Gasteiger partial charge in [-0.1, -0.05) is 60.5 Å². The van der Waals surface area contributed by atoms with Crippen molar-refractivity contribution >= 4 is 34.8 Å². The number of pyridine rings is 1. The Morgan fingerprint density at radius 3 is 2.39 bits per heavy atom. The molecule has 0 radical (unpaired) electrons. The van der Waals surface area contributed by atoms with Crippen molar-refractivity contribution in [2.45, 2.75) is 19.4 Å².